The lowest BCUT2D eigenvalue weighted by molar-refractivity contribution is -0.138. The molecular formula is C48H61N9O6. The van der Waals surface area contributed by atoms with Gasteiger partial charge >= 0.3 is 0 Å². The van der Waals surface area contributed by atoms with E-state index in [1.807, 2.05) is 97.9 Å². The van der Waals surface area contributed by atoms with Crippen LogP contribution in [0.4, 0.5) is 0 Å². The Hall–Kier alpha value is -6.77. The highest BCUT2D eigenvalue weighted by Gasteiger charge is 2.44. The Balaban J connectivity index is 1.42. The van der Waals surface area contributed by atoms with Gasteiger partial charge in [-0.15, -0.1) is 0 Å². The number of rotatable bonds is 21. The first-order chi connectivity index (χ1) is 30.3. The van der Waals surface area contributed by atoms with Crippen molar-refractivity contribution in [2.24, 2.45) is 22.2 Å². The summed E-state index contributed by atoms with van der Waals surface area (Å²) >= 11 is 0. The Bertz CT molecular complexity index is 2220. The highest BCUT2D eigenvalue weighted by atomic mass is 16.2. The summed E-state index contributed by atoms with van der Waals surface area (Å²) in [4.78, 5) is 86.4. The van der Waals surface area contributed by atoms with Gasteiger partial charge in [0.15, 0.2) is 5.96 Å². The third kappa shape index (κ3) is 13.9. The molecule has 1 saturated carbocycles. The number of nitrogens with zero attached hydrogens (tertiary/aromatic N) is 1. The Morgan fingerprint density at radius 3 is 1.90 bits per heavy atom. The molecule has 63 heavy (non-hydrogen) atoms. The second kappa shape index (κ2) is 22.9. The van der Waals surface area contributed by atoms with Gasteiger partial charge in [-0.25, -0.2) is 0 Å². The van der Waals surface area contributed by atoms with E-state index in [0.29, 0.717) is 32.1 Å². The van der Waals surface area contributed by atoms with Crippen LogP contribution in [0, 0.1) is 0 Å². The first-order valence-electron chi connectivity index (χ1n) is 21.7. The fourth-order valence-corrected chi connectivity index (χ4v) is 8.00. The number of hydrogen-bond acceptors (Lipinski definition) is 7. The van der Waals surface area contributed by atoms with Crippen molar-refractivity contribution < 1.29 is 28.8 Å². The number of hydrogen-bond donors (Lipinski definition) is 8. The van der Waals surface area contributed by atoms with E-state index in [1.54, 1.807) is 0 Å². The zero-order chi connectivity index (χ0) is 45.4. The lowest BCUT2D eigenvalue weighted by atomic mass is 9.73. The van der Waals surface area contributed by atoms with Crippen molar-refractivity contribution in [2.45, 2.75) is 114 Å². The Morgan fingerprint density at radius 2 is 1.25 bits per heavy atom. The van der Waals surface area contributed by atoms with Crippen molar-refractivity contribution in [1.82, 2.24) is 26.6 Å². The zero-order valence-electron chi connectivity index (χ0n) is 36.1. The van der Waals surface area contributed by atoms with Gasteiger partial charge in [-0.2, -0.15) is 0 Å². The summed E-state index contributed by atoms with van der Waals surface area (Å²) < 4.78 is 0. The summed E-state index contributed by atoms with van der Waals surface area (Å²) in [6.07, 6.45) is 3.28. The van der Waals surface area contributed by atoms with Gasteiger partial charge < -0.3 is 43.8 Å². The number of guanidine groups is 1. The highest BCUT2D eigenvalue weighted by molar-refractivity contribution is 5.98. The molecule has 0 aliphatic heterocycles. The maximum absolute atomic E-state index is 14.6. The molecule has 4 atom stereocenters. The largest absolute Gasteiger partial charge is 0.370 e. The summed E-state index contributed by atoms with van der Waals surface area (Å²) in [5.74, 6) is -3.43. The van der Waals surface area contributed by atoms with Crippen LogP contribution in [0.15, 0.2) is 108 Å². The minimum atomic E-state index is -1.27. The molecule has 0 bridgehead atoms. The van der Waals surface area contributed by atoms with E-state index < -0.39 is 59.2 Å². The molecule has 0 aromatic heterocycles. The van der Waals surface area contributed by atoms with Gasteiger partial charge in [0.2, 0.25) is 35.4 Å². The fraction of sp³-hybridized carbons (Fsp3) is 0.396. The van der Waals surface area contributed by atoms with E-state index in [9.17, 15) is 28.8 Å². The SMILES string of the molecule is CCCC(=O)NC1(C(=O)NC(Cc2ccccc2)C(=O)NC(CCCN=C(N)N)C(=O)NC(Cc2ccc3ccccc3c2)C(=O)NC(C)C(N)=O)CCC(c2ccccc2)CC1. The summed E-state index contributed by atoms with van der Waals surface area (Å²) in [6, 6.07) is 28.0. The van der Waals surface area contributed by atoms with Crippen molar-refractivity contribution in [3.63, 3.8) is 0 Å². The van der Waals surface area contributed by atoms with Crippen molar-refractivity contribution in [2.75, 3.05) is 6.54 Å². The number of primary amides is 1. The number of nitrogens with two attached hydrogens (primary N) is 3. The Morgan fingerprint density at radius 1 is 0.683 bits per heavy atom. The topological polar surface area (TPSA) is 253 Å². The van der Waals surface area contributed by atoms with Gasteiger partial charge in [-0.05, 0) is 85.3 Å². The van der Waals surface area contributed by atoms with Crippen LogP contribution in [0.3, 0.4) is 0 Å². The van der Waals surface area contributed by atoms with E-state index in [-0.39, 0.29) is 56.4 Å². The summed E-state index contributed by atoms with van der Waals surface area (Å²) in [7, 11) is 0. The molecule has 4 aromatic carbocycles. The molecule has 334 valence electrons. The fourth-order valence-electron chi connectivity index (χ4n) is 8.00. The molecule has 0 heterocycles. The first-order valence-corrected chi connectivity index (χ1v) is 21.7. The van der Waals surface area contributed by atoms with E-state index in [4.69, 9.17) is 17.2 Å². The molecule has 0 saturated heterocycles. The number of carbonyl (C=O) groups is 6. The molecule has 0 radical (unpaired) electrons. The van der Waals surface area contributed by atoms with Gasteiger partial charge in [-0.3, -0.25) is 33.8 Å². The lowest BCUT2D eigenvalue weighted by Crippen LogP contribution is -2.64. The predicted molar refractivity (Wildman–Crippen MR) is 244 cm³/mol. The number of nitrogens with one attached hydrogen (secondary N) is 5. The number of benzene rings is 4. The average Bonchev–Trinajstić information content (AvgIpc) is 3.27. The van der Waals surface area contributed by atoms with Crippen LogP contribution >= 0.6 is 0 Å². The molecule has 0 spiro atoms. The minimum absolute atomic E-state index is 0.0478. The number of aliphatic imine (C=N–C) groups is 1. The molecule has 4 unspecified atom stereocenters. The number of amides is 6. The van der Waals surface area contributed by atoms with Crippen LogP contribution in [0.1, 0.15) is 87.8 Å². The average molecular weight is 860 g/mol. The van der Waals surface area contributed by atoms with Crippen LogP contribution in [0.5, 0.6) is 0 Å². The smallest absolute Gasteiger partial charge is 0.246 e. The van der Waals surface area contributed by atoms with Gasteiger partial charge in [0.1, 0.15) is 29.7 Å². The summed E-state index contributed by atoms with van der Waals surface area (Å²) in [6.45, 7) is 3.48. The second-order valence-electron chi connectivity index (χ2n) is 16.4. The molecule has 15 heteroatoms. The van der Waals surface area contributed by atoms with Crippen LogP contribution in [-0.2, 0) is 41.6 Å². The third-order valence-corrected chi connectivity index (χ3v) is 11.6. The molecule has 1 fully saturated rings. The van der Waals surface area contributed by atoms with Crippen molar-refractivity contribution >= 4 is 52.2 Å². The van der Waals surface area contributed by atoms with E-state index in [2.05, 4.69) is 43.7 Å². The third-order valence-electron chi connectivity index (χ3n) is 11.6. The maximum Gasteiger partial charge on any atom is 0.246 e. The molecule has 4 aromatic rings. The Kier molecular flexibility index (Phi) is 17.2. The normalized spacial score (nSPS) is 17.8. The number of carbonyl (C=O) groups excluding carboxylic acids is 6. The zero-order valence-corrected chi connectivity index (χ0v) is 36.1. The molecule has 11 N–H and O–H groups in total. The van der Waals surface area contributed by atoms with Gasteiger partial charge in [0.05, 0.1) is 0 Å². The maximum atomic E-state index is 14.6. The molecule has 1 aliphatic carbocycles. The van der Waals surface area contributed by atoms with Gasteiger partial charge in [-0.1, -0.05) is 110 Å². The van der Waals surface area contributed by atoms with Gasteiger partial charge in [0.25, 0.3) is 0 Å². The van der Waals surface area contributed by atoms with Gasteiger partial charge in [0, 0.05) is 25.8 Å². The first kappa shape index (κ1) is 47.3. The van der Waals surface area contributed by atoms with E-state index in [1.165, 1.54) is 6.92 Å². The standard InChI is InChI=1S/C48H61N9O6/c1-3-13-41(58)57-48(25-23-36(24-26-48)34-16-8-5-9-17-34)46(63)56-40(29-32-14-6-4-7-15-32)45(62)54-38(20-12-27-52-47(50)51)43(60)55-39(44(61)53-31(2)42(49)59)30-33-21-22-35-18-10-11-19-37(35)28-33/h4-11,14-19,21-22,28,31,36,38-40H,3,12-13,20,23-27,29-30H2,1-2H3,(H2,49,59)(H,53,61)(H,54,62)(H,55,60)(H,56,63)(H,57,58)(H4,50,51,52). The Labute approximate surface area is 368 Å². The van der Waals surface area contributed by atoms with Crippen LogP contribution in [0.25, 0.3) is 10.8 Å². The number of fused-ring (bicyclic) bond motifs is 1. The van der Waals surface area contributed by atoms with Crippen LogP contribution < -0.4 is 43.8 Å². The quantitative estimate of drug-likeness (QED) is 0.0350. The molecular weight excluding hydrogens is 799 g/mol. The monoisotopic (exact) mass is 859 g/mol. The minimum Gasteiger partial charge on any atom is -0.370 e. The van der Waals surface area contributed by atoms with Crippen molar-refractivity contribution in [1.29, 1.82) is 0 Å². The van der Waals surface area contributed by atoms with Crippen molar-refractivity contribution in [3.8, 4) is 0 Å². The molecule has 15 nitrogen and oxygen atoms in total. The molecule has 1 aliphatic rings. The second-order valence-corrected chi connectivity index (χ2v) is 16.4. The van der Waals surface area contributed by atoms with Crippen LogP contribution in [0.2, 0.25) is 0 Å². The lowest BCUT2D eigenvalue weighted by Gasteiger charge is -2.40. The molecule has 5 rings (SSSR count). The van der Waals surface area contributed by atoms with Crippen LogP contribution in [-0.4, -0.2) is 77.7 Å². The summed E-state index contributed by atoms with van der Waals surface area (Å²) in [5.41, 5.74) is 18.0. The van der Waals surface area contributed by atoms with Crippen molar-refractivity contribution in [3.05, 3.63) is 120 Å². The molecule has 6 amide bonds. The van der Waals surface area contributed by atoms with E-state index >= 15 is 0 Å². The van der Waals surface area contributed by atoms with E-state index in [0.717, 1.165) is 27.5 Å². The summed E-state index contributed by atoms with van der Waals surface area (Å²) in [5, 5.41) is 16.2. The predicted octanol–water partition coefficient (Wildman–Crippen LogP) is 3.14. The highest BCUT2D eigenvalue weighted by Crippen LogP contribution is 2.38.